The van der Waals surface area contributed by atoms with Crippen LogP contribution < -0.4 is 5.32 Å². The Morgan fingerprint density at radius 3 is 2.57 bits per heavy atom. The number of hydrogen-bond donors (Lipinski definition) is 1. The molecule has 1 atom stereocenters. The van der Waals surface area contributed by atoms with Crippen molar-refractivity contribution >= 4 is 11.4 Å². The first-order chi connectivity index (χ1) is 9.90. The topological polar surface area (TPSA) is 55.2 Å². The quantitative estimate of drug-likeness (QED) is 0.673. The first-order valence-corrected chi connectivity index (χ1v) is 6.35. The van der Waals surface area contributed by atoms with E-state index in [1.165, 1.54) is 18.2 Å². The van der Waals surface area contributed by atoms with Gasteiger partial charge in [0, 0.05) is 22.9 Å². The van der Waals surface area contributed by atoms with E-state index in [-0.39, 0.29) is 11.3 Å². The van der Waals surface area contributed by atoms with Gasteiger partial charge in [0.1, 0.15) is 0 Å². The normalized spacial score (nSPS) is 12.0. The van der Waals surface area contributed by atoms with Crippen LogP contribution in [0.2, 0.25) is 0 Å². The maximum atomic E-state index is 13.7. The highest BCUT2D eigenvalue weighted by Crippen LogP contribution is 2.26. The number of anilines is 1. The number of halogens is 2. The van der Waals surface area contributed by atoms with Gasteiger partial charge >= 0.3 is 0 Å². The number of nitro groups is 1. The van der Waals surface area contributed by atoms with Crippen molar-refractivity contribution in [2.45, 2.75) is 19.9 Å². The van der Waals surface area contributed by atoms with Gasteiger partial charge in [-0.1, -0.05) is 12.1 Å². The summed E-state index contributed by atoms with van der Waals surface area (Å²) >= 11 is 0. The van der Waals surface area contributed by atoms with E-state index in [4.69, 9.17) is 0 Å². The molecule has 0 aromatic heterocycles. The number of nitrogens with one attached hydrogen (secondary N) is 1. The Bertz CT molecular complexity index is 689. The second kappa shape index (κ2) is 5.87. The molecule has 21 heavy (non-hydrogen) atoms. The number of benzene rings is 2. The van der Waals surface area contributed by atoms with E-state index >= 15 is 0 Å². The standard InChI is InChI=1S/C15H14F2N2O2/c1-9-8-11(6-7-14(9)19(20)21)18-10(2)12-4-3-5-13(16)15(12)17/h3-8,10,18H,1-2H3. The van der Waals surface area contributed by atoms with Crippen LogP contribution in [0, 0.1) is 28.7 Å². The number of nitro benzene ring substituents is 1. The maximum absolute atomic E-state index is 13.7. The lowest BCUT2D eigenvalue weighted by Gasteiger charge is -2.17. The third-order valence-corrected chi connectivity index (χ3v) is 3.22. The Morgan fingerprint density at radius 2 is 1.95 bits per heavy atom. The summed E-state index contributed by atoms with van der Waals surface area (Å²) in [4.78, 5) is 10.3. The highest BCUT2D eigenvalue weighted by Gasteiger charge is 2.15. The molecule has 110 valence electrons. The summed E-state index contributed by atoms with van der Waals surface area (Å²) in [6.45, 7) is 3.31. The van der Waals surface area contributed by atoms with Gasteiger partial charge in [0.05, 0.1) is 11.0 Å². The Labute approximate surface area is 120 Å². The van der Waals surface area contributed by atoms with E-state index in [9.17, 15) is 18.9 Å². The lowest BCUT2D eigenvalue weighted by atomic mass is 10.1. The molecule has 0 aliphatic rings. The summed E-state index contributed by atoms with van der Waals surface area (Å²) in [5.41, 5.74) is 1.32. The fourth-order valence-electron chi connectivity index (χ4n) is 2.13. The third kappa shape index (κ3) is 3.16. The van der Waals surface area contributed by atoms with Crippen LogP contribution in [0.25, 0.3) is 0 Å². The lowest BCUT2D eigenvalue weighted by Crippen LogP contribution is -2.09. The zero-order chi connectivity index (χ0) is 15.6. The van der Waals surface area contributed by atoms with Gasteiger partial charge < -0.3 is 5.32 Å². The summed E-state index contributed by atoms with van der Waals surface area (Å²) in [5.74, 6) is -1.79. The molecule has 2 rings (SSSR count). The van der Waals surface area contributed by atoms with Crippen LogP contribution in [0.3, 0.4) is 0 Å². The van der Waals surface area contributed by atoms with Crippen LogP contribution in [-0.2, 0) is 0 Å². The molecule has 0 bridgehead atoms. The number of hydrogen-bond acceptors (Lipinski definition) is 3. The van der Waals surface area contributed by atoms with E-state index in [1.807, 2.05) is 0 Å². The highest BCUT2D eigenvalue weighted by atomic mass is 19.2. The largest absolute Gasteiger partial charge is 0.378 e. The minimum atomic E-state index is -0.902. The summed E-state index contributed by atoms with van der Waals surface area (Å²) in [7, 11) is 0. The smallest absolute Gasteiger partial charge is 0.272 e. The predicted molar refractivity (Wildman–Crippen MR) is 76.2 cm³/mol. The molecule has 0 saturated heterocycles. The van der Waals surface area contributed by atoms with E-state index in [0.717, 1.165) is 6.07 Å². The zero-order valence-corrected chi connectivity index (χ0v) is 11.6. The molecule has 1 N–H and O–H groups in total. The minimum Gasteiger partial charge on any atom is -0.378 e. The van der Waals surface area contributed by atoms with Crippen molar-refractivity contribution in [3.8, 4) is 0 Å². The molecule has 2 aromatic rings. The lowest BCUT2D eigenvalue weighted by molar-refractivity contribution is -0.385. The second-order valence-electron chi connectivity index (χ2n) is 4.77. The van der Waals surface area contributed by atoms with E-state index in [0.29, 0.717) is 11.3 Å². The molecule has 2 aromatic carbocycles. The molecule has 0 radical (unpaired) electrons. The third-order valence-electron chi connectivity index (χ3n) is 3.22. The van der Waals surface area contributed by atoms with Gasteiger partial charge in [-0.3, -0.25) is 10.1 Å². The monoisotopic (exact) mass is 292 g/mol. The fraction of sp³-hybridized carbons (Fsp3) is 0.200. The van der Waals surface area contributed by atoms with Crippen LogP contribution in [0.1, 0.15) is 24.1 Å². The van der Waals surface area contributed by atoms with Crippen LogP contribution in [0.15, 0.2) is 36.4 Å². The first-order valence-electron chi connectivity index (χ1n) is 6.35. The maximum Gasteiger partial charge on any atom is 0.272 e. The van der Waals surface area contributed by atoms with E-state index < -0.39 is 22.6 Å². The molecule has 1 unspecified atom stereocenters. The van der Waals surface area contributed by atoms with Crippen molar-refractivity contribution in [2.75, 3.05) is 5.32 Å². The van der Waals surface area contributed by atoms with Gasteiger partial charge in [-0.05, 0) is 32.0 Å². The van der Waals surface area contributed by atoms with Gasteiger partial charge in [0.15, 0.2) is 11.6 Å². The fourth-order valence-corrected chi connectivity index (χ4v) is 2.13. The minimum absolute atomic E-state index is 0.0186. The van der Waals surface area contributed by atoms with Gasteiger partial charge in [-0.15, -0.1) is 0 Å². The average molecular weight is 292 g/mol. The number of aryl methyl sites for hydroxylation is 1. The molecule has 0 fully saturated rings. The van der Waals surface area contributed by atoms with Crippen molar-refractivity contribution < 1.29 is 13.7 Å². The second-order valence-corrected chi connectivity index (χ2v) is 4.77. The van der Waals surface area contributed by atoms with Crippen molar-refractivity contribution in [1.82, 2.24) is 0 Å². The molecular formula is C15H14F2N2O2. The predicted octanol–water partition coefficient (Wildman–Crippen LogP) is 4.35. The zero-order valence-electron chi connectivity index (χ0n) is 11.6. The molecule has 4 nitrogen and oxygen atoms in total. The Kier molecular flexibility index (Phi) is 4.16. The number of nitrogens with zero attached hydrogens (tertiary/aromatic N) is 1. The van der Waals surface area contributed by atoms with Crippen molar-refractivity contribution in [3.63, 3.8) is 0 Å². The van der Waals surface area contributed by atoms with Crippen molar-refractivity contribution in [1.29, 1.82) is 0 Å². The van der Waals surface area contributed by atoms with E-state index in [1.54, 1.807) is 26.0 Å². The summed E-state index contributed by atoms with van der Waals surface area (Å²) in [6, 6.07) is 8.04. The summed E-state index contributed by atoms with van der Waals surface area (Å²) in [5, 5.41) is 13.8. The van der Waals surface area contributed by atoms with Crippen LogP contribution in [0.4, 0.5) is 20.2 Å². The Hall–Kier alpha value is -2.50. The summed E-state index contributed by atoms with van der Waals surface area (Å²) in [6.07, 6.45) is 0. The van der Waals surface area contributed by atoms with Crippen LogP contribution in [-0.4, -0.2) is 4.92 Å². The molecule has 0 spiro atoms. The van der Waals surface area contributed by atoms with Gasteiger partial charge in [-0.25, -0.2) is 8.78 Å². The highest BCUT2D eigenvalue weighted by molar-refractivity contribution is 5.54. The van der Waals surface area contributed by atoms with Gasteiger partial charge in [-0.2, -0.15) is 0 Å². The van der Waals surface area contributed by atoms with Crippen molar-refractivity contribution in [2.24, 2.45) is 0 Å². The average Bonchev–Trinajstić information content (AvgIpc) is 2.41. The molecule has 0 amide bonds. The molecule has 0 saturated carbocycles. The molecular weight excluding hydrogens is 278 g/mol. The van der Waals surface area contributed by atoms with Crippen LogP contribution >= 0.6 is 0 Å². The molecule has 0 heterocycles. The van der Waals surface area contributed by atoms with Crippen LogP contribution in [0.5, 0.6) is 0 Å². The van der Waals surface area contributed by atoms with E-state index in [2.05, 4.69) is 5.32 Å². The molecule has 6 heteroatoms. The summed E-state index contributed by atoms with van der Waals surface area (Å²) < 4.78 is 26.9. The number of rotatable bonds is 4. The van der Waals surface area contributed by atoms with Gasteiger partial charge in [0.2, 0.25) is 0 Å². The molecule has 0 aliphatic carbocycles. The first kappa shape index (κ1) is 14.9. The Balaban J connectivity index is 2.24. The van der Waals surface area contributed by atoms with Crippen molar-refractivity contribution in [3.05, 3.63) is 69.3 Å². The molecule has 0 aliphatic heterocycles. The SMILES string of the molecule is Cc1cc(NC(C)c2cccc(F)c2F)ccc1[N+](=O)[O-]. The van der Waals surface area contributed by atoms with Gasteiger partial charge in [0.25, 0.3) is 5.69 Å². The Morgan fingerprint density at radius 1 is 1.24 bits per heavy atom.